The first kappa shape index (κ1) is 15.4. The zero-order valence-electron chi connectivity index (χ0n) is 12.2. The van der Waals surface area contributed by atoms with Crippen LogP contribution in [0.1, 0.15) is 46.5 Å². The lowest BCUT2D eigenvalue weighted by atomic mass is 10.1. The summed E-state index contributed by atoms with van der Waals surface area (Å²) in [5, 5.41) is 3.39. The van der Waals surface area contributed by atoms with Gasteiger partial charge in [-0.05, 0) is 46.6 Å². The minimum absolute atomic E-state index is 0.0954. The smallest absolute Gasteiger partial charge is 0.323 e. The van der Waals surface area contributed by atoms with Gasteiger partial charge < -0.3 is 15.0 Å². The van der Waals surface area contributed by atoms with E-state index in [2.05, 4.69) is 31.1 Å². The lowest BCUT2D eigenvalue weighted by Crippen LogP contribution is -2.42. The van der Waals surface area contributed by atoms with Crippen molar-refractivity contribution in [2.45, 2.75) is 64.6 Å². The molecule has 1 fully saturated rings. The Balaban J connectivity index is 2.37. The lowest BCUT2D eigenvalue weighted by Gasteiger charge is -2.25. The summed E-state index contributed by atoms with van der Waals surface area (Å²) in [7, 11) is 2.12. The van der Waals surface area contributed by atoms with E-state index in [1.54, 1.807) is 0 Å². The second-order valence-corrected chi connectivity index (χ2v) is 5.27. The van der Waals surface area contributed by atoms with Gasteiger partial charge in [0, 0.05) is 18.6 Å². The van der Waals surface area contributed by atoms with Crippen molar-refractivity contribution in [2.24, 2.45) is 0 Å². The van der Waals surface area contributed by atoms with Gasteiger partial charge in [0.15, 0.2) is 0 Å². The zero-order valence-corrected chi connectivity index (χ0v) is 12.2. The Hall–Kier alpha value is -0.610. The molecule has 0 aliphatic heterocycles. The van der Waals surface area contributed by atoms with Crippen molar-refractivity contribution in [2.75, 3.05) is 20.2 Å². The molecule has 1 N–H and O–H groups in total. The summed E-state index contributed by atoms with van der Waals surface area (Å²) < 4.78 is 5.13. The van der Waals surface area contributed by atoms with E-state index in [4.69, 9.17) is 4.74 Å². The molecule has 2 unspecified atom stereocenters. The first-order valence-electron chi connectivity index (χ1n) is 7.21. The second-order valence-electron chi connectivity index (χ2n) is 5.27. The summed E-state index contributed by atoms with van der Waals surface area (Å²) in [6, 6.07) is 0.964. The summed E-state index contributed by atoms with van der Waals surface area (Å²) in [5.41, 5.74) is 0. The number of rotatable bonds is 9. The van der Waals surface area contributed by atoms with E-state index in [0.29, 0.717) is 18.7 Å². The molecule has 0 aromatic rings. The van der Waals surface area contributed by atoms with Crippen molar-refractivity contribution >= 4 is 5.97 Å². The molecule has 0 radical (unpaired) electrons. The fourth-order valence-electron chi connectivity index (χ4n) is 1.91. The molecule has 4 nitrogen and oxygen atoms in total. The van der Waals surface area contributed by atoms with Crippen LogP contribution in [-0.4, -0.2) is 49.2 Å². The molecule has 4 heteroatoms. The van der Waals surface area contributed by atoms with E-state index in [-0.39, 0.29) is 12.0 Å². The molecule has 1 rings (SSSR count). The normalized spacial score (nSPS) is 18.7. The van der Waals surface area contributed by atoms with Crippen molar-refractivity contribution in [1.82, 2.24) is 10.2 Å². The van der Waals surface area contributed by atoms with E-state index < -0.39 is 0 Å². The Bertz CT molecular complexity index is 254. The predicted octanol–water partition coefficient (Wildman–Crippen LogP) is 1.79. The predicted molar refractivity (Wildman–Crippen MR) is 73.6 cm³/mol. The number of esters is 1. The van der Waals surface area contributed by atoms with E-state index in [0.717, 1.165) is 19.4 Å². The fourth-order valence-corrected chi connectivity index (χ4v) is 1.91. The Labute approximate surface area is 111 Å². The van der Waals surface area contributed by atoms with Crippen LogP contribution in [0.3, 0.4) is 0 Å². The van der Waals surface area contributed by atoms with Crippen LogP contribution in [0.5, 0.6) is 0 Å². The Kier molecular flexibility index (Phi) is 6.65. The van der Waals surface area contributed by atoms with Gasteiger partial charge in [0.25, 0.3) is 0 Å². The molecule has 0 spiro atoms. The zero-order chi connectivity index (χ0) is 13.5. The molecular weight excluding hydrogens is 228 g/mol. The number of hydrogen-bond acceptors (Lipinski definition) is 4. The highest BCUT2D eigenvalue weighted by Crippen LogP contribution is 2.20. The van der Waals surface area contributed by atoms with E-state index in [1.165, 1.54) is 12.8 Å². The van der Waals surface area contributed by atoms with Crippen molar-refractivity contribution in [1.29, 1.82) is 0 Å². The SMILES string of the molecule is CCOC(=O)C(CCN(C)C(C)CC)NC1CC1. The maximum atomic E-state index is 11.9. The van der Waals surface area contributed by atoms with Crippen LogP contribution in [-0.2, 0) is 9.53 Å². The number of carbonyl (C=O) groups is 1. The number of ether oxygens (including phenoxy) is 1. The first-order chi connectivity index (χ1) is 8.58. The van der Waals surface area contributed by atoms with Crippen molar-refractivity contribution in [3.63, 3.8) is 0 Å². The van der Waals surface area contributed by atoms with Gasteiger partial charge in [-0.1, -0.05) is 6.92 Å². The molecule has 1 aliphatic carbocycles. The Morgan fingerprint density at radius 3 is 2.61 bits per heavy atom. The molecule has 106 valence electrons. The molecule has 2 atom stereocenters. The highest BCUT2D eigenvalue weighted by molar-refractivity contribution is 5.75. The average Bonchev–Trinajstić information content (AvgIpc) is 3.17. The molecule has 0 bridgehead atoms. The van der Waals surface area contributed by atoms with Gasteiger partial charge in [-0.2, -0.15) is 0 Å². The van der Waals surface area contributed by atoms with Crippen LogP contribution < -0.4 is 5.32 Å². The lowest BCUT2D eigenvalue weighted by molar-refractivity contribution is -0.146. The number of carbonyl (C=O) groups excluding carboxylic acids is 1. The van der Waals surface area contributed by atoms with Crippen LogP contribution in [0, 0.1) is 0 Å². The van der Waals surface area contributed by atoms with Gasteiger partial charge in [-0.15, -0.1) is 0 Å². The largest absolute Gasteiger partial charge is 0.465 e. The number of hydrogen-bond donors (Lipinski definition) is 1. The summed E-state index contributed by atoms with van der Waals surface area (Å²) in [6.45, 7) is 7.65. The molecule has 1 aliphatic rings. The minimum atomic E-state index is -0.135. The standard InChI is InChI=1S/C14H28N2O2/c1-5-11(3)16(4)10-9-13(14(17)18-6-2)15-12-7-8-12/h11-13,15H,5-10H2,1-4H3. The molecular formula is C14H28N2O2. The van der Waals surface area contributed by atoms with Crippen LogP contribution in [0.15, 0.2) is 0 Å². The maximum Gasteiger partial charge on any atom is 0.323 e. The van der Waals surface area contributed by atoms with E-state index in [9.17, 15) is 4.79 Å². The van der Waals surface area contributed by atoms with Crippen LogP contribution in [0.2, 0.25) is 0 Å². The third-order valence-electron chi connectivity index (χ3n) is 3.70. The summed E-state index contributed by atoms with van der Waals surface area (Å²) in [6.07, 6.45) is 4.35. The topological polar surface area (TPSA) is 41.6 Å². The molecule has 0 amide bonds. The maximum absolute atomic E-state index is 11.9. The molecule has 0 heterocycles. The van der Waals surface area contributed by atoms with Crippen molar-refractivity contribution in [3.8, 4) is 0 Å². The highest BCUT2D eigenvalue weighted by atomic mass is 16.5. The Morgan fingerprint density at radius 2 is 2.11 bits per heavy atom. The van der Waals surface area contributed by atoms with Crippen LogP contribution in [0.25, 0.3) is 0 Å². The van der Waals surface area contributed by atoms with Crippen LogP contribution in [0.4, 0.5) is 0 Å². The second kappa shape index (κ2) is 7.74. The summed E-state index contributed by atoms with van der Waals surface area (Å²) in [5.74, 6) is -0.0954. The van der Waals surface area contributed by atoms with Crippen molar-refractivity contribution in [3.05, 3.63) is 0 Å². The van der Waals surface area contributed by atoms with Gasteiger partial charge in [0.05, 0.1) is 6.61 Å². The molecule has 0 saturated heterocycles. The van der Waals surface area contributed by atoms with Crippen LogP contribution >= 0.6 is 0 Å². The molecule has 18 heavy (non-hydrogen) atoms. The molecule has 1 saturated carbocycles. The van der Waals surface area contributed by atoms with E-state index in [1.807, 2.05) is 6.92 Å². The minimum Gasteiger partial charge on any atom is -0.465 e. The van der Waals surface area contributed by atoms with Gasteiger partial charge in [-0.25, -0.2) is 0 Å². The van der Waals surface area contributed by atoms with Gasteiger partial charge in [0.2, 0.25) is 0 Å². The van der Waals surface area contributed by atoms with Gasteiger partial charge in [-0.3, -0.25) is 4.79 Å². The molecule has 0 aromatic carbocycles. The fraction of sp³-hybridized carbons (Fsp3) is 0.929. The number of nitrogens with zero attached hydrogens (tertiary/aromatic N) is 1. The van der Waals surface area contributed by atoms with Crippen molar-refractivity contribution < 1.29 is 9.53 Å². The third kappa shape index (κ3) is 5.36. The monoisotopic (exact) mass is 256 g/mol. The average molecular weight is 256 g/mol. The van der Waals surface area contributed by atoms with Gasteiger partial charge in [0.1, 0.15) is 6.04 Å². The van der Waals surface area contributed by atoms with Gasteiger partial charge >= 0.3 is 5.97 Å². The third-order valence-corrected chi connectivity index (χ3v) is 3.70. The highest BCUT2D eigenvalue weighted by Gasteiger charge is 2.29. The number of nitrogens with one attached hydrogen (secondary N) is 1. The quantitative estimate of drug-likeness (QED) is 0.639. The first-order valence-corrected chi connectivity index (χ1v) is 7.21. The summed E-state index contributed by atoms with van der Waals surface area (Å²) in [4.78, 5) is 14.2. The van der Waals surface area contributed by atoms with E-state index >= 15 is 0 Å². The summed E-state index contributed by atoms with van der Waals surface area (Å²) >= 11 is 0. The molecule has 0 aromatic heterocycles. The Morgan fingerprint density at radius 1 is 1.44 bits per heavy atom.